The fourth-order valence-corrected chi connectivity index (χ4v) is 6.53. The van der Waals surface area contributed by atoms with Crippen LogP contribution in [-0.2, 0) is 31.7 Å². The van der Waals surface area contributed by atoms with Gasteiger partial charge in [0, 0.05) is 43.2 Å². The highest BCUT2D eigenvalue weighted by Gasteiger charge is 2.59. The molecule has 3 aromatic rings. The van der Waals surface area contributed by atoms with E-state index in [-0.39, 0.29) is 42.6 Å². The summed E-state index contributed by atoms with van der Waals surface area (Å²) in [5.41, 5.74) is -2.55. The molecule has 40 heavy (non-hydrogen) atoms. The Bertz CT molecular complexity index is 1470. The summed E-state index contributed by atoms with van der Waals surface area (Å²) in [6, 6.07) is 9.42. The standard InChI is InChI=1S/C29H30F5N5O/c1-26(7-4-8-26)35-12-18-9-21-22(23(10-18)29(32,33)34)13-39(24(21)40)20-6-3-5-19(11-20)28(14-27(31,15-28)16-30)25-37-36-17-38(25)2/h3,5-6,9-11,17,35H,4,7-8,12-16H2,1-2H3/t27-,28-. The van der Waals surface area contributed by atoms with Gasteiger partial charge in [-0.2, -0.15) is 13.2 Å². The van der Waals surface area contributed by atoms with E-state index in [4.69, 9.17) is 0 Å². The molecule has 2 aromatic carbocycles. The first-order valence-corrected chi connectivity index (χ1v) is 13.4. The molecule has 0 bridgehead atoms. The van der Waals surface area contributed by atoms with Gasteiger partial charge in [-0.25, -0.2) is 8.78 Å². The molecule has 6 rings (SSSR count). The van der Waals surface area contributed by atoms with Gasteiger partial charge in [0.1, 0.15) is 24.5 Å². The highest BCUT2D eigenvalue weighted by Crippen LogP contribution is 2.56. The average molecular weight is 560 g/mol. The summed E-state index contributed by atoms with van der Waals surface area (Å²) in [5, 5.41) is 11.4. The van der Waals surface area contributed by atoms with Crippen LogP contribution in [-0.4, -0.2) is 38.6 Å². The zero-order chi connectivity index (χ0) is 28.5. The van der Waals surface area contributed by atoms with Crippen LogP contribution >= 0.6 is 0 Å². The largest absolute Gasteiger partial charge is 0.416 e. The number of aryl methyl sites for hydroxylation is 1. The molecule has 1 amide bonds. The molecule has 2 fully saturated rings. The van der Waals surface area contributed by atoms with E-state index >= 15 is 0 Å². The smallest absolute Gasteiger partial charge is 0.320 e. The number of hydrogen-bond acceptors (Lipinski definition) is 4. The lowest BCUT2D eigenvalue weighted by Crippen LogP contribution is -2.55. The number of aromatic nitrogens is 3. The highest BCUT2D eigenvalue weighted by atomic mass is 19.4. The Hall–Kier alpha value is -3.34. The van der Waals surface area contributed by atoms with Crippen molar-refractivity contribution in [3.05, 3.63) is 76.4 Å². The predicted octanol–water partition coefficient (Wildman–Crippen LogP) is 5.78. The normalized spacial score (nSPS) is 25.5. The minimum absolute atomic E-state index is 0.0302. The van der Waals surface area contributed by atoms with Crippen LogP contribution in [0.3, 0.4) is 0 Å². The van der Waals surface area contributed by atoms with Gasteiger partial charge >= 0.3 is 6.18 Å². The maximum atomic E-state index is 14.9. The minimum Gasteiger partial charge on any atom is -0.320 e. The van der Waals surface area contributed by atoms with Gasteiger partial charge in [0.15, 0.2) is 0 Å². The number of nitrogens with one attached hydrogen (secondary N) is 1. The predicted molar refractivity (Wildman–Crippen MR) is 138 cm³/mol. The Kier molecular flexibility index (Phi) is 6.10. The van der Waals surface area contributed by atoms with Crippen molar-refractivity contribution in [2.75, 3.05) is 11.6 Å². The molecule has 2 saturated carbocycles. The number of amides is 1. The van der Waals surface area contributed by atoms with E-state index in [9.17, 15) is 26.7 Å². The lowest BCUT2D eigenvalue weighted by Gasteiger charge is -2.50. The number of benzene rings is 2. The van der Waals surface area contributed by atoms with Crippen LogP contribution in [0.1, 0.15) is 77.5 Å². The van der Waals surface area contributed by atoms with Crippen molar-refractivity contribution in [2.24, 2.45) is 7.05 Å². The fraction of sp³-hybridized carbons (Fsp3) is 0.483. The van der Waals surface area contributed by atoms with Gasteiger partial charge in [-0.1, -0.05) is 12.1 Å². The number of nitrogens with zero attached hydrogens (tertiary/aromatic N) is 4. The van der Waals surface area contributed by atoms with E-state index in [2.05, 4.69) is 15.5 Å². The number of anilines is 1. The van der Waals surface area contributed by atoms with Gasteiger partial charge in [-0.3, -0.25) is 4.79 Å². The van der Waals surface area contributed by atoms with Crippen molar-refractivity contribution >= 4 is 11.6 Å². The van der Waals surface area contributed by atoms with Crippen LogP contribution in [0.25, 0.3) is 0 Å². The first-order valence-electron chi connectivity index (χ1n) is 13.4. The van der Waals surface area contributed by atoms with Crippen molar-refractivity contribution in [2.45, 2.75) is 74.9 Å². The lowest BCUT2D eigenvalue weighted by atomic mass is 9.56. The van der Waals surface area contributed by atoms with E-state index in [1.807, 2.05) is 6.92 Å². The SMILES string of the molecule is Cn1cnnc1[C@]1(c2cccc(N3Cc4c(cc(CNC5(C)CCC5)cc4C(F)(F)F)C3=O)c2)C[C@](F)(CF)C1. The second kappa shape index (κ2) is 9.09. The summed E-state index contributed by atoms with van der Waals surface area (Å²) >= 11 is 0. The average Bonchev–Trinajstić information content (AvgIpc) is 3.46. The topological polar surface area (TPSA) is 63.1 Å². The fourth-order valence-electron chi connectivity index (χ4n) is 6.53. The van der Waals surface area contributed by atoms with Gasteiger partial charge < -0.3 is 14.8 Å². The molecule has 0 atom stereocenters. The van der Waals surface area contributed by atoms with Crippen molar-refractivity contribution in [3.63, 3.8) is 0 Å². The molecular formula is C29H30F5N5O. The molecule has 2 heterocycles. The number of carbonyl (C=O) groups is 1. The van der Waals surface area contributed by atoms with E-state index < -0.39 is 35.4 Å². The number of fused-ring (bicyclic) bond motifs is 1. The summed E-state index contributed by atoms with van der Waals surface area (Å²) in [5.74, 6) is -0.0710. The van der Waals surface area contributed by atoms with E-state index in [1.54, 1.807) is 41.9 Å². The van der Waals surface area contributed by atoms with Crippen LogP contribution in [0, 0.1) is 0 Å². The molecule has 2 aliphatic carbocycles. The van der Waals surface area contributed by atoms with Gasteiger partial charge in [-0.15, -0.1) is 10.2 Å². The monoisotopic (exact) mass is 559 g/mol. The summed E-state index contributed by atoms with van der Waals surface area (Å²) in [6.07, 6.45) is -0.480. The summed E-state index contributed by atoms with van der Waals surface area (Å²) in [7, 11) is 1.71. The molecule has 6 nitrogen and oxygen atoms in total. The Morgan fingerprint density at radius 1 is 1.12 bits per heavy atom. The van der Waals surface area contributed by atoms with Gasteiger partial charge in [0.25, 0.3) is 5.91 Å². The van der Waals surface area contributed by atoms with E-state index in [0.29, 0.717) is 22.6 Å². The Morgan fingerprint density at radius 3 is 2.48 bits per heavy atom. The van der Waals surface area contributed by atoms with Crippen LogP contribution in [0.2, 0.25) is 0 Å². The molecule has 1 aromatic heterocycles. The van der Waals surface area contributed by atoms with Gasteiger partial charge in [0.05, 0.1) is 17.5 Å². The molecule has 1 N–H and O–H groups in total. The Labute approximate surface area is 228 Å². The molecule has 212 valence electrons. The third kappa shape index (κ3) is 4.29. The molecule has 11 heteroatoms. The first-order chi connectivity index (χ1) is 18.9. The maximum absolute atomic E-state index is 14.9. The molecular weight excluding hydrogens is 529 g/mol. The van der Waals surface area contributed by atoms with Crippen molar-refractivity contribution in [1.82, 2.24) is 20.1 Å². The minimum atomic E-state index is -4.63. The van der Waals surface area contributed by atoms with Crippen LogP contribution < -0.4 is 10.2 Å². The van der Waals surface area contributed by atoms with Crippen LogP contribution in [0.15, 0.2) is 42.7 Å². The molecule has 0 spiro atoms. The van der Waals surface area contributed by atoms with E-state index in [1.165, 1.54) is 11.2 Å². The third-order valence-corrected chi connectivity index (χ3v) is 8.91. The molecule has 0 radical (unpaired) electrons. The van der Waals surface area contributed by atoms with Crippen molar-refractivity contribution < 1.29 is 26.7 Å². The van der Waals surface area contributed by atoms with Crippen LogP contribution in [0.4, 0.5) is 27.6 Å². The summed E-state index contributed by atoms with van der Waals surface area (Å²) < 4.78 is 72.6. The van der Waals surface area contributed by atoms with Crippen molar-refractivity contribution in [3.8, 4) is 0 Å². The number of halogens is 5. The number of hydrogen-bond donors (Lipinski definition) is 1. The molecule has 0 saturated heterocycles. The third-order valence-electron chi connectivity index (χ3n) is 8.91. The number of carbonyl (C=O) groups excluding carboxylic acids is 1. The van der Waals surface area contributed by atoms with Gasteiger partial charge in [0.2, 0.25) is 0 Å². The summed E-state index contributed by atoms with van der Waals surface area (Å²) in [4.78, 5) is 14.9. The zero-order valence-electron chi connectivity index (χ0n) is 22.3. The number of rotatable bonds is 7. The van der Waals surface area contributed by atoms with Crippen molar-refractivity contribution in [1.29, 1.82) is 0 Å². The summed E-state index contributed by atoms with van der Waals surface area (Å²) in [6.45, 7) is 0.898. The highest BCUT2D eigenvalue weighted by molar-refractivity contribution is 6.10. The first kappa shape index (κ1) is 26.9. The molecule has 0 unspecified atom stereocenters. The second-order valence-electron chi connectivity index (χ2n) is 11.9. The van der Waals surface area contributed by atoms with Gasteiger partial charge in [-0.05, 0) is 67.1 Å². The van der Waals surface area contributed by atoms with Crippen LogP contribution in [0.5, 0.6) is 0 Å². The Morgan fingerprint density at radius 2 is 1.88 bits per heavy atom. The maximum Gasteiger partial charge on any atom is 0.416 e. The second-order valence-corrected chi connectivity index (χ2v) is 11.9. The quantitative estimate of drug-likeness (QED) is 0.373. The lowest BCUT2D eigenvalue weighted by molar-refractivity contribution is -0.138. The number of alkyl halides is 5. The Balaban J connectivity index is 1.35. The molecule has 3 aliphatic rings. The molecule has 1 aliphatic heterocycles. The van der Waals surface area contributed by atoms with E-state index in [0.717, 1.165) is 25.3 Å². The zero-order valence-corrected chi connectivity index (χ0v) is 22.3.